The van der Waals surface area contributed by atoms with E-state index in [1.54, 1.807) is 6.07 Å². The van der Waals surface area contributed by atoms with E-state index in [0.717, 1.165) is 12.0 Å². The van der Waals surface area contributed by atoms with Crippen molar-refractivity contribution in [3.63, 3.8) is 0 Å². The molecule has 0 spiro atoms. The molecule has 1 aromatic heterocycles. The molecule has 0 aliphatic rings. The van der Waals surface area contributed by atoms with Crippen molar-refractivity contribution in [2.75, 3.05) is 26.2 Å². The van der Waals surface area contributed by atoms with Gasteiger partial charge in [0.1, 0.15) is 5.60 Å². The molecule has 0 aliphatic heterocycles. The second kappa shape index (κ2) is 11.5. The molecular weight excluding hydrogens is 386 g/mol. The van der Waals surface area contributed by atoms with Crippen LogP contribution in [0, 0.1) is 6.92 Å². The van der Waals surface area contributed by atoms with Crippen LogP contribution in [-0.4, -0.2) is 55.3 Å². The van der Waals surface area contributed by atoms with Gasteiger partial charge in [0, 0.05) is 25.2 Å². The van der Waals surface area contributed by atoms with Crippen molar-refractivity contribution in [1.29, 1.82) is 0 Å². The van der Waals surface area contributed by atoms with Crippen LogP contribution in [0.4, 0.5) is 4.79 Å². The molecule has 0 fully saturated rings. The molecule has 1 rings (SSSR count). The van der Waals surface area contributed by atoms with Gasteiger partial charge in [-0.05, 0) is 61.0 Å². The molecule has 170 valence electrons. The number of nitrogens with one attached hydrogen (secondary N) is 4. The zero-order valence-electron chi connectivity index (χ0n) is 19.3. The molecule has 0 aromatic carbocycles. The van der Waals surface area contributed by atoms with Crippen LogP contribution in [0.3, 0.4) is 0 Å². The average molecular weight is 424 g/mol. The lowest BCUT2D eigenvalue weighted by atomic mass is 10.1. The van der Waals surface area contributed by atoms with Crippen molar-refractivity contribution in [2.24, 2.45) is 4.99 Å². The first-order valence-corrected chi connectivity index (χ1v) is 10.3. The predicted molar refractivity (Wildman–Crippen MR) is 118 cm³/mol. The molecule has 0 saturated heterocycles. The second-order valence-electron chi connectivity index (χ2n) is 8.67. The number of hydrogen-bond donors (Lipinski definition) is 4. The molecule has 0 atom stereocenters. The van der Waals surface area contributed by atoms with Crippen LogP contribution in [0.25, 0.3) is 0 Å². The van der Waals surface area contributed by atoms with Crippen LogP contribution < -0.4 is 21.3 Å². The Morgan fingerprint density at radius 2 is 1.77 bits per heavy atom. The van der Waals surface area contributed by atoms with Crippen LogP contribution in [0.1, 0.15) is 64.1 Å². The topological polar surface area (TPSA) is 117 Å². The SMILES string of the molecule is CCNC(=NCC(C)(C)NC(=O)OC(C)(C)C)NCCCNC(=O)c1occc1C. The Morgan fingerprint density at radius 1 is 1.10 bits per heavy atom. The van der Waals surface area contributed by atoms with Gasteiger partial charge in [-0.15, -0.1) is 0 Å². The fourth-order valence-corrected chi connectivity index (χ4v) is 2.42. The van der Waals surface area contributed by atoms with E-state index >= 15 is 0 Å². The Kier molecular flexibility index (Phi) is 9.68. The molecule has 0 saturated carbocycles. The summed E-state index contributed by atoms with van der Waals surface area (Å²) in [4.78, 5) is 28.5. The van der Waals surface area contributed by atoms with Crippen LogP contribution >= 0.6 is 0 Å². The van der Waals surface area contributed by atoms with Crippen molar-refractivity contribution >= 4 is 18.0 Å². The molecule has 1 aromatic rings. The maximum Gasteiger partial charge on any atom is 0.408 e. The van der Waals surface area contributed by atoms with Crippen LogP contribution in [0.5, 0.6) is 0 Å². The molecular formula is C21H37N5O4. The number of nitrogens with zero attached hydrogens (tertiary/aromatic N) is 1. The minimum absolute atomic E-state index is 0.215. The number of aliphatic imine (C=N–C) groups is 1. The summed E-state index contributed by atoms with van der Waals surface area (Å²) in [6, 6.07) is 1.76. The Labute approximate surface area is 179 Å². The lowest BCUT2D eigenvalue weighted by Crippen LogP contribution is -2.49. The van der Waals surface area contributed by atoms with E-state index in [-0.39, 0.29) is 5.91 Å². The number of guanidine groups is 1. The lowest BCUT2D eigenvalue weighted by Gasteiger charge is -2.27. The molecule has 2 amide bonds. The summed E-state index contributed by atoms with van der Waals surface area (Å²) in [5.74, 6) is 0.774. The van der Waals surface area contributed by atoms with Crippen LogP contribution in [-0.2, 0) is 4.74 Å². The Morgan fingerprint density at radius 3 is 2.33 bits per heavy atom. The highest BCUT2D eigenvalue weighted by Gasteiger charge is 2.24. The first-order chi connectivity index (χ1) is 13.9. The zero-order chi connectivity index (χ0) is 22.8. The van der Waals surface area contributed by atoms with E-state index in [1.165, 1.54) is 6.26 Å². The van der Waals surface area contributed by atoms with Gasteiger partial charge in [0.25, 0.3) is 5.91 Å². The Bertz CT molecular complexity index is 719. The third kappa shape index (κ3) is 10.2. The van der Waals surface area contributed by atoms with Gasteiger partial charge in [0.2, 0.25) is 0 Å². The van der Waals surface area contributed by atoms with Gasteiger partial charge in [-0.25, -0.2) is 4.79 Å². The summed E-state index contributed by atoms with van der Waals surface area (Å²) < 4.78 is 10.5. The highest BCUT2D eigenvalue weighted by atomic mass is 16.6. The molecule has 4 N–H and O–H groups in total. The maximum absolute atomic E-state index is 12.0. The quantitative estimate of drug-likeness (QED) is 0.276. The third-order valence-corrected chi connectivity index (χ3v) is 3.82. The summed E-state index contributed by atoms with van der Waals surface area (Å²) in [5.41, 5.74) is -0.306. The van der Waals surface area contributed by atoms with Crippen molar-refractivity contribution < 1.29 is 18.7 Å². The number of ether oxygens (including phenoxy) is 1. The van der Waals surface area contributed by atoms with Gasteiger partial charge in [-0.3, -0.25) is 9.79 Å². The normalized spacial score (nSPS) is 12.3. The maximum atomic E-state index is 12.0. The second-order valence-corrected chi connectivity index (χ2v) is 8.67. The fourth-order valence-electron chi connectivity index (χ4n) is 2.42. The number of carbonyl (C=O) groups excluding carboxylic acids is 2. The van der Waals surface area contributed by atoms with Gasteiger partial charge in [-0.2, -0.15) is 0 Å². The largest absolute Gasteiger partial charge is 0.459 e. The van der Waals surface area contributed by atoms with Gasteiger partial charge in [-0.1, -0.05) is 0 Å². The molecule has 0 radical (unpaired) electrons. The molecule has 9 nitrogen and oxygen atoms in total. The van der Waals surface area contributed by atoms with Crippen LogP contribution in [0.15, 0.2) is 21.7 Å². The molecule has 30 heavy (non-hydrogen) atoms. The van der Waals surface area contributed by atoms with Crippen molar-refractivity contribution in [3.8, 4) is 0 Å². The fraction of sp³-hybridized carbons (Fsp3) is 0.667. The van der Waals surface area contributed by atoms with E-state index in [4.69, 9.17) is 9.15 Å². The highest BCUT2D eigenvalue weighted by Crippen LogP contribution is 2.10. The van der Waals surface area contributed by atoms with Gasteiger partial charge >= 0.3 is 6.09 Å². The monoisotopic (exact) mass is 423 g/mol. The molecule has 0 aliphatic carbocycles. The van der Waals surface area contributed by atoms with Crippen LogP contribution in [0.2, 0.25) is 0 Å². The van der Waals surface area contributed by atoms with E-state index in [1.807, 2.05) is 48.5 Å². The number of amides is 2. The number of carbonyl (C=O) groups is 2. The molecule has 9 heteroatoms. The van der Waals surface area contributed by atoms with Gasteiger partial charge < -0.3 is 30.4 Å². The highest BCUT2D eigenvalue weighted by molar-refractivity contribution is 5.92. The number of hydrogen-bond acceptors (Lipinski definition) is 5. The third-order valence-electron chi connectivity index (χ3n) is 3.82. The van der Waals surface area contributed by atoms with Gasteiger partial charge in [0.15, 0.2) is 11.7 Å². The minimum atomic E-state index is -0.570. The number of rotatable bonds is 9. The summed E-state index contributed by atoms with van der Waals surface area (Å²) in [7, 11) is 0. The number of alkyl carbamates (subject to hydrolysis) is 1. The molecule has 0 bridgehead atoms. The smallest absolute Gasteiger partial charge is 0.408 e. The van der Waals surface area contributed by atoms with Crippen molar-refractivity contribution in [3.05, 3.63) is 23.7 Å². The summed E-state index contributed by atoms with van der Waals surface area (Å²) in [6.07, 6.45) is 1.75. The summed E-state index contributed by atoms with van der Waals surface area (Å²) >= 11 is 0. The average Bonchev–Trinajstić information content (AvgIpc) is 3.03. The van der Waals surface area contributed by atoms with Crippen molar-refractivity contribution in [2.45, 2.75) is 66.0 Å². The Balaban J connectivity index is 2.43. The number of aryl methyl sites for hydroxylation is 1. The summed E-state index contributed by atoms with van der Waals surface area (Å²) in [6.45, 7) is 15.3. The predicted octanol–water partition coefficient (Wildman–Crippen LogP) is 2.57. The van der Waals surface area contributed by atoms with E-state index in [9.17, 15) is 9.59 Å². The first kappa shape index (κ1) is 25.3. The lowest BCUT2D eigenvalue weighted by molar-refractivity contribution is 0.0476. The first-order valence-electron chi connectivity index (χ1n) is 10.3. The standard InChI is InChI=1S/C21H37N5O4/c1-8-22-18(25-14-21(6,7)26-19(28)30-20(3,4)5)24-12-9-11-23-17(27)16-15(2)10-13-29-16/h10,13H,8-9,11-12,14H2,1-7H3,(H,23,27)(H,26,28)(H2,22,24,25). The molecule has 1 heterocycles. The van der Waals surface area contributed by atoms with Crippen molar-refractivity contribution in [1.82, 2.24) is 21.3 Å². The van der Waals surface area contributed by atoms with E-state index in [0.29, 0.717) is 37.9 Å². The van der Waals surface area contributed by atoms with Gasteiger partial charge in [0.05, 0.1) is 18.3 Å². The number of furan rings is 1. The Hall–Kier alpha value is -2.71. The van der Waals surface area contributed by atoms with E-state index < -0.39 is 17.2 Å². The molecule has 0 unspecified atom stereocenters. The summed E-state index contributed by atoms with van der Waals surface area (Å²) in [5, 5.41) is 12.1. The minimum Gasteiger partial charge on any atom is -0.459 e. The zero-order valence-corrected chi connectivity index (χ0v) is 19.3. The van der Waals surface area contributed by atoms with E-state index in [2.05, 4.69) is 26.3 Å².